The molecule has 1 atom stereocenters. The molecule has 6 nitrogen and oxygen atoms in total. The Balaban J connectivity index is 1.84. The van der Waals surface area contributed by atoms with Crippen LogP contribution in [0, 0.1) is 0 Å². The Morgan fingerprint density at radius 1 is 1.17 bits per heavy atom. The molecular weight excluding hydrogens is 403 g/mol. The lowest BCUT2D eigenvalue weighted by molar-refractivity contribution is -0.137. The van der Waals surface area contributed by atoms with E-state index in [1.165, 1.54) is 6.92 Å². The third-order valence-corrected chi connectivity index (χ3v) is 5.02. The van der Waals surface area contributed by atoms with Crippen molar-refractivity contribution in [3.63, 3.8) is 0 Å². The van der Waals surface area contributed by atoms with Crippen LogP contribution >= 0.6 is 11.8 Å². The van der Waals surface area contributed by atoms with Crippen molar-refractivity contribution in [2.75, 3.05) is 6.54 Å². The molecule has 0 aliphatic rings. The fourth-order valence-corrected chi connectivity index (χ4v) is 3.41. The summed E-state index contributed by atoms with van der Waals surface area (Å²) in [5.74, 6) is -0.156. The smallest absolute Gasteiger partial charge is 0.346 e. The van der Waals surface area contributed by atoms with Crippen molar-refractivity contribution in [3.05, 3.63) is 60.4 Å². The first-order valence-electron chi connectivity index (χ1n) is 8.72. The Morgan fingerprint density at radius 3 is 2.59 bits per heavy atom. The second kappa shape index (κ2) is 9.08. The van der Waals surface area contributed by atoms with Gasteiger partial charge in [0.05, 0.1) is 11.8 Å². The van der Waals surface area contributed by atoms with Gasteiger partial charge in [0.2, 0.25) is 5.91 Å². The van der Waals surface area contributed by atoms with Crippen LogP contribution in [0.2, 0.25) is 0 Å². The maximum absolute atomic E-state index is 12.3. The van der Waals surface area contributed by atoms with Gasteiger partial charge in [-0.25, -0.2) is 0 Å². The first-order valence-corrected chi connectivity index (χ1v) is 9.60. The summed E-state index contributed by atoms with van der Waals surface area (Å²) in [6, 6.07) is 13.2. The Morgan fingerprint density at radius 2 is 1.93 bits per heavy atom. The number of aromatic nitrogens is 4. The summed E-state index contributed by atoms with van der Waals surface area (Å²) in [5, 5.41) is 9.94. The average Bonchev–Trinajstić information content (AvgIpc) is 3.09. The molecule has 0 bridgehead atoms. The Bertz CT molecular complexity index is 947. The Kier molecular flexibility index (Phi) is 6.53. The number of amides is 1. The molecule has 0 spiro atoms. The molecule has 0 radical (unpaired) electrons. The van der Waals surface area contributed by atoms with Crippen LogP contribution in [-0.4, -0.2) is 43.6 Å². The number of rotatable bonds is 7. The van der Waals surface area contributed by atoms with E-state index >= 15 is 0 Å². The first-order chi connectivity index (χ1) is 13.8. The highest BCUT2D eigenvalue weighted by Gasteiger charge is 2.29. The molecule has 3 rings (SSSR count). The van der Waals surface area contributed by atoms with Gasteiger partial charge in [-0.15, -0.1) is 10.2 Å². The summed E-state index contributed by atoms with van der Waals surface area (Å²) in [6.45, 7) is 0.604. The third-order valence-electron chi connectivity index (χ3n) is 3.93. The SMILES string of the molecule is CC(Sc1nnc(-c2cccnc2)n1Cc1ccccc1)C(=O)NCC(F)(F)F. The number of pyridine rings is 1. The molecule has 1 aromatic carbocycles. The van der Waals surface area contributed by atoms with E-state index in [1.807, 2.05) is 46.3 Å². The molecular formula is C19H18F3N5OS. The number of hydrogen-bond donors (Lipinski definition) is 1. The van der Waals surface area contributed by atoms with Gasteiger partial charge in [0.15, 0.2) is 11.0 Å². The summed E-state index contributed by atoms with van der Waals surface area (Å²) in [7, 11) is 0. The lowest BCUT2D eigenvalue weighted by atomic mass is 10.2. The van der Waals surface area contributed by atoms with E-state index in [-0.39, 0.29) is 0 Å². The molecule has 0 saturated heterocycles. The van der Waals surface area contributed by atoms with Gasteiger partial charge in [-0.2, -0.15) is 13.2 Å². The highest BCUT2D eigenvalue weighted by molar-refractivity contribution is 8.00. The topological polar surface area (TPSA) is 72.7 Å². The number of nitrogens with one attached hydrogen (secondary N) is 1. The van der Waals surface area contributed by atoms with Crippen molar-refractivity contribution in [1.82, 2.24) is 25.1 Å². The van der Waals surface area contributed by atoms with Crippen LogP contribution < -0.4 is 5.32 Å². The van der Waals surface area contributed by atoms with Crippen molar-refractivity contribution in [2.24, 2.45) is 0 Å². The zero-order chi connectivity index (χ0) is 20.9. The highest BCUT2D eigenvalue weighted by Crippen LogP contribution is 2.27. The van der Waals surface area contributed by atoms with E-state index in [0.29, 0.717) is 17.5 Å². The number of carbonyl (C=O) groups is 1. The molecule has 2 heterocycles. The second-order valence-corrected chi connectivity index (χ2v) is 7.52. The van der Waals surface area contributed by atoms with E-state index in [0.717, 1.165) is 22.9 Å². The van der Waals surface area contributed by atoms with E-state index < -0.39 is 23.9 Å². The number of thioether (sulfide) groups is 1. The minimum Gasteiger partial charge on any atom is -0.346 e. The van der Waals surface area contributed by atoms with Crippen molar-refractivity contribution in [2.45, 2.75) is 30.1 Å². The van der Waals surface area contributed by atoms with E-state index in [2.05, 4.69) is 15.2 Å². The van der Waals surface area contributed by atoms with Crippen LogP contribution in [0.3, 0.4) is 0 Å². The van der Waals surface area contributed by atoms with Gasteiger partial charge in [0.1, 0.15) is 6.54 Å². The van der Waals surface area contributed by atoms with Gasteiger partial charge in [-0.3, -0.25) is 14.3 Å². The normalized spacial score (nSPS) is 12.6. The third kappa shape index (κ3) is 5.80. The molecule has 0 aliphatic heterocycles. The molecule has 2 aromatic heterocycles. The number of nitrogens with zero attached hydrogens (tertiary/aromatic N) is 4. The molecule has 0 aliphatic carbocycles. The highest BCUT2D eigenvalue weighted by atomic mass is 32.2. The van der Waals surface area contributed by atoms with Gasteiger partial charge < -0.3 is 5.32 Å². The molecule has 0 saturated carbocycles. The Labute approximate surface area is 169 Å². The maximum Gasteiger partial charge on any atom is 0.405 e. The maximum atomic E-state index is 12.3. The minimum atomic E-state index is -4.46. The van der Waals surface area contributed by atoms with Gasteiger partial charge in [-0.05, 0) is 24.6 Å². The van der Waals surface area contributed by atoms with Gasteiger partial charge in [0, 0.05) is 18.0 Å². The summed E-state index contributed by atoms with van der Waals surface area (Å²) in [4.78, 5) is 16.1. The summed E-state index contributed by atoms with van der Waals surface area (Å²) >= 11 is 1.05. The largest absolute Gasteiger partial charge is 0.405 e. The van der Waals surface area contributed by atoms with Crippen LogP contribution in [-0.2, 0) is 11.3 Å². The van der Waals surface area contributed by atoms with Crippen molar-refractivity contribution in [1.29, 1.82) is 0 Å². The summed E-state index contributed by atoms with van der Waals surface area (Å²) in [5.41, 5.74) is 1.74. The summed E-state index contributed by atoms with van der Waals surface area (Å²) < 4.78 is 38.9. The van der Waals surface area contributed by atoms with Gasteiger partial charge in [-0.1, -0.05) is 42.1 Å². The first kappa shape index (κ1) is 20.8. The lowest BCUT2D eigenvalue weighted by Gasteiger charge is -2.14. The van der Waals surface area contributed by atoms with Gasteiger partial charge >= 0.3 is 6.18 Å². The zero-order valence-electron chi connectivity index (χ0n) is 15.4. The van der Waals surface area contributed by atoms with E-state index in [9.17, 15) is 18.0 Å². The number of hydrogen-bond acceptors (Lipinski definition) is 5. The molecule has 29 heavy (non-hydrogen) atoms. The minimum absolute atomic E-state index is 0.433. The van der Waals surface area contributed by atoms with Crippen LogP contribution in [0.4, 0.5) is 13.2 Å². The zero-order valence-corrected chi connectivity index (χ0v) is 16.2. The summed E-state index contributed by atoms with van der Waals surface area (Å²) in [6.07, 6.45) is -1.16. The van der Waals surface area contributed by atoms with Crippen molar-refractivity contribution in [3.8, 4) is 11.4 Å². The second-order valence-electron chi connectivity index (χ2n) is 6.21. The van der Waals surface area contributed by atoms with E-state index in [1.54, 1.807) is 18.5 Å². The molecule has 1 N–H and O–H groups in total. The quantitative estimate of drug-likeness (QED) is 0.591. The molecule has 0 fully saturated rings. The van der Waals surface area contributed by atoms with Crippen molar-refractivity contribution >= 4 is 17.7 Å². The Hall–Kier alpha value is -2.88. The monoisotopic (exact) mass is 421 g/mol. The van der Waals surface area contributed by atoms with Crippen LogP contribution in [0.1, 0.15) is 12.5 Å². The fourth-order valence-electron chi connectivity index (χ4n) is 2.54. The number of carbonyl (C=O) groups excluding carboxylic acids is 1. The molecule has 152 valence electrons. The lowest BCUT2D eigenvalue weighted by Crippen LogP contribution is -2.38. The fraction of sp³-hybridized carbons (Fsp3) is 0.263. The predicted octanol–water partition coefficient (Wildman–Crippen LogP) is 3.55. The average molecular weight is 421 g/mol. The van der Waals surface area contributed by atoms with E-state index in [4.69, 9.17) is 0 Å². The van der Waals surface area contributed by atoms with Gasteiger partial charge in [0.25, 0.3) is 0 Å². The number of halogens is 3. The number of alkyl halides is 3. The van der Waals surface area contributed by atoms with Crippen molar-refractivity contribution < 1.29 is 18.0 Å². The molecule has 1 unspecified atom stereocenters. The standard InChI is InChI=1S/C19H18F3N5OS/c1-13(17(28)24-12-19(20,21)22)29-18-26-25-16(15-8-5-9-23-10-15)27(18)11-14-6-3-2-4-7-14/h2-10,13H,11-12H2,1H3,(H,24,28). The van der Waals surface area contributed by atoms with Crippen LogP contribution in [0.5, 0.6) is 0 Å². The van der Waals surface area contributed by atoms with Crippen LogP contribution in [0.25, 0.3) is 11.4 Å². The number of benzene rings is 1. The predicted molar refractivity (Wildman–Crippen MR) is 103 cm³/mol. The molecule has 3 aromatic rings. The molecule has 1 amide bonds. The van der Waals surface area contributed by atoms with Crippen LogP contribution in [0.15, 0.2) is 60.0 Å². The molecule has 10 heteroatoms.